The summed E-state index contributed by atoms with van der Waals surface area (Å²) >= 11 is 0. The molecular formula is C23H23N5O3. The number of pyridine rings is 1. The summed E-state index contributed by atoms with van der Waals surface area (Å²) in [7, 11) is 0. The molecule has 0 unspecified atom stereocenters. The van der Waals surface area contributed by atoms with Crippen molar-refractivity contribution in [3.63, 3.8) is 0 Å². The lowest BCUT2D eigenvalue weighted by Gasteiger charge is -2.19. The van der Waals surface area contributed by atoms with E-state index in [1.54, 1.807) is 31.5 Å². The van der Waals surface area contributed by atoms with Gasteiger partial charge in [0.2, 0.25) is 0 Å². The van der Waals surface area contributed by atoms with Crippen LogP contribution in [0.2, 0.25) is 0 Å². The minimum absolute atomic E-state index is 0.146. The number of aromatic amines is 1. The lowest BCUT2D eigenvalue weighted by Crippen LogP contribution is -2.32. The fourth-order valence-corrected chi connectivity index (χ4v) is 3.14. The Kier molecular flexibility index (Phi) is 5.29. The minimum Gasteiger partial charge on any atom is -0.444 e. The molecule has 4 aromatic rings. The summed E-state index contributed by atoms with van der Waals surface area (Å²) in [6.45, 7) is 5.54. The van der Waals surface area contributed by atoms with E-state index in [0.717, 1.165) is 11.3 Å². The first kappa shape index (κ1) is 20.3. The Labute approximate surface area is 178 Å². The molecule has 2 aromatic carbocycles. The predicted octanol–water partition coefficient (Wildman–Crippen LogP) is 3.80. The van der Waals surface area contributed by atoms with E-state index in [0.29, 0.717) is 22.3 Å². The van der Waals surface area contributed by atoms with Crippen molar-refractivity contribution in [2.45, 2.75) is 32.9 Å². The van der Waals surface area contributed by atoms with Crippen molar-refractivity contribution in [2.75, 3.05) is 0 Å². The second-order valence-corrected chi connectivity index (χ2v) is 8.16. The van der Waals surface area contributed by atoms with Crippen LogP contribution in [-0.2, 0) is 11.3 Å². The second kappa shape index (κ2) is 8.06. The average Bonchev–Trinajstić information content (AvgIpc) is 3.22. The molecule has 0 bridgehead atoms. The molecule has 8 nitrogen and oxygen atoms in total. The van der Waals surface area contributed by atoms with Gasteiger partial charge in [0.15, 0.2) is 5.43 Å². The lowest BCUT2D eigenvalue weighted by molar-refractivity contribution is 0.0523. The summed E-state index contributed by atoms with van der Waals surface area (Å²) < 4.78 is 6.91. The van der Waals surface area contributed by atoms with Gasteiger partial charge in [0.25, 0.3) is 0 Å². The number of rotatable bonds is 4. The van der Waals surface area contributed by atoms with Crippen molar-refractivity contribution in [2.24, 2.45) is 0 Å². The monoisotopic (exact) mass is 417 g/mol. The van der Waals surface area contributed by atoms with Gasteiger partial charge in [-0.3, -0.25) is 4.79 Å². The Morgan fingerprint density at radius 2 is 1.90 bits per heavy atom. The van der Waals surface area contributed by atoms with Crippen LogP contribution in [0.1, 0.15) is 26.5 Å². The van der Waals surface area contributed by atoms with E-state index in [-0.39, 0.29) is 12.0 Å². The third kappa shape index (κ3) is 4.80. The molecule has 8 heteroatoms. The molecule has 2 aromatic heterocycles. The van der Waals surface area contributed by atoms with Crippen molar-refractivity contribution in [3.05, 3.63) is 76.7 Å². The van der Waals surface area contributed by atoms with Crippen molar-refractivity contribution in [3.8, 4) is 16.9 Å². The number of carbonyl (C=O) groups excluding carboxylic acids is 1. The number of benzene rings is 2. The molecule has 0 aliphatic rings. The Balaban J connectivity index is 1.56. The fourth-order valence-electron chi connectivity index (χ4n) is 3.14. The maximum Gasteiger partial charge on any atom is 0.407 e. The highest BCUT2D eigenvalue weighted by Gasteiger charge is 2.16. The molecule has 0 atom stereocenters. The number of fused-ring (bicyclic) bond motifs is 1. The molecule has 1 amide bonds. The van der Waals surface area contributed by atoms with Gasteiger partial charge in [-0.1, -0.05) is 29.5 Å². The van der Waals surface area contributed by atoms with Gasteiger partial charge >= 0.3 is 6.09 Å². The van der Waals surface area contributed by atoms with Crippen molar-refractivity contribution in [1.29, 1.82) is 0 Å². The molecule has 158 valence electrons. The quantitative estimate of drug-likeness (QED) is 0.526. The van der Waals surface area contributed by atoms with Crippen LogP contribution in [0.5, 0.6) is 0 Å². The number of hydrogen-bond donors (Lipinski definition) is 2. The Hall–Kier alpha value is -3.94. The van der Waals surface area contributed by atoms with E-state index in [1.807, 2.05) is 48.7 Å². The van der Waals surface area contributed by atoms with E-state index in [2.05, 4.69) is 20.6 Å². The van der Waals surface area contributed by atoms with Crippen molar-refractivity contribution in [1.82, 2.24) is 25.3 Å². The third-order valence-corrected chi connectivity index (χ3v) is 4.52. The number of carbonyl (C=O) groups is 1. The zero-order chi connectivity index (χ0) is 22.0. The number of aromatic nitrogens is 4. The summed E-state index contributed by atoms with van der Waals surface area (Å²) in [6, 6.07) is 16.7. The van der Waals surface area contributed by atoms with Crippen LogP contribution in [0.3, 0.4) is 0 Å². The summed E-state index contributed by atoms with van der Waals surface area (Å²) in [5.41, 5.74) is 2.90. The van der Waals surface area contributed by atoms with E-state index in [1.165, 1.54) is 6.07 Å². The highest BCUT2D eigenvalue weighted by Crippen LogP contribution is 2.21. The average molecular weight is 417 g/mol. The SMILES string of the molecule is CC(C)(C)OC(=O)NCc1cc(=O)c2cc(-c3cn(-c4ccccc4)nn3)ccc2[nH]1. The Bertz CT molecular complexity index is 1290. The molecule has 0 saturated heterocycles. The molecule has 0 aliphatic heterocycles. The van der Waals surface area contributed by atoms with Crippen LogP contribution in [-0.4, -0.2) is 31.7 Å². The number of nitrogens with one attached hydrogen (secondary N) is 2. The number of para-hydroxylation sites is 1. The smallest absolute Gasteiger partial charge is 0.407 e. The van der Waals surface area contributed by atoms with Gasteiger partial charge < -0.3 is 15.0 Å². The lowest BCUT2D eigenvalue weighted by atomic mass is 10.1. The first-order valence-corrected chi connectivity index (χ1v) is 9.89. The summed E-state index contributed by atoms with van der Waals surface area (Å²) in [5, 5.41) is 11.6. The van der Waals surface area contributed by atoms with Gasteiger partial charge in [-0.2, -0.15) is 0 Å². The van der Waals surface area contributed by atoms with Gasteiger partial charge in [-0.25, -0.2) is 9.48 Å². The number of amides is 1. The molecule has 4 rings (SSSR count). The molecular weight excluding hydrogens is 394 g/mol. The van der Waals surface area contributed by atoms with E-state index < -0.39 is 11.7 Å². The van der Waals surface area contributed by atoms with E-state index >= 15 is 0 Å². The molecule has 31 heavy (non-hydrogen) atoms. The first-order chi connectivity index (χ1) is 14.8. The van der Waals surface area contributed by atoms with Crippen LogP contribution in [0.15, 0.2) is 65.6 Å². The van der Waals surface area contributed by atoms with E-state index in [9.17, 15) is 9.59 Å². The topological polar surface area (TPSA) is 102 Å². The van der Waals surface area contributed by atoms with Crippen molar-refractivity contribution >= 4 is 17.0 Å². The van der Waals surface area contributed by atoms with Gasteiger partial charge in [-0.15, -0.1) is 5.10 Å². The van der Waals surface area contributed by atoms with Crippen LogP contribution >= 0.6 is 0 Å². The van der Waals surface area contributed by atoms with Gasteiger partial charge in [0, 0.05) is 28.2 Å². The highest BCUT2D eigenvalue weighted by atomic mass is 16.6. The van der Waals surface area contributed by atoms with Crippen LogP contribution in [0.4, 0.5) is 4.79 Å². The largest absolute Gasteiger partial charge is 0.444 e. The maximum atomic E-state index is 12.7. The number of alkyl carbamates (subject to hydrolysis) is 1. The molecule has 0 saturated carbocycles. The van der Waals surface area contributed by atoms with Crippen LogP contribution in [0, 0.1) is 0 Å². The van der Waals surface area contributed by atoms with Crippen LogP contribution < -0.4 is 10.7 Å². The first-order valence-electron chi connectivity index (χ1n) is 9.89. The minimum atomic E-state index is -0.584. The van der Waals surface area contributed by atoms with Gasteiger partial charge in [0.05, 0.1) is 18.4 Å². The molecule has 0 aliphatic carbocycles. The normalized spacial score (nSPS) is 11.5. The van der Waals surface area contributed by atoms with Gasteiger partial charge in [0.1, 0.15) is 11.3 Å². The summed E-state index contributed by atoms with van der Waals surface area (Å²) in [5.74, 6) is 0. The number of ether oxygens (including phenoxy) is 1. The standard InChI is InChI=1S/C23H23N5O3/c1-23(2,3)31-22(30)24-13-16-12-21(29)18-11-15(9-10-19(18)25-16)20-14-28(27-26-20)17-7-5-4-6-8-17/h4-12,14H,13H2,1-3H3,(H,24,30)(H,25,29). The molecule has 0 radical (unpaired) electrons. The number of H-pyrrole nitrogens is 1. The number of nitrogens with zero attached hydrogens (tertiary/aromatic N) is 3. The predicted molar refractivity (Wildman–Crippen MR) is 118 cm³/mol. The third-order valence-electron chi connectivity index (χ3n) is 4.52. The molecule has 2 N–H and O–H groups in total. The maximum absolute atomic E-state index is 12.7. The Morgan fingerprint density at radius 3 is 2.65 bits per heavy atom. The molecule has 0 spiro atoms. The fraction of sp³-hybridized carbons (Fsp3) is 0.217. The summed E-state index contributed by atoms with van der Waals surface area (Å²) in [6.07, 6.45) is 1.29. The zero-order valence-electron chi connectivity index (χ0n) is 17.5. The van der Waals surface area contributed by atoms with E-state index in [4.69, 9.17) is 4.74 Å². The van der Waals surface area contributed by atoms with Crippen LogP contribution in [0.25, 0.3) is 27.8 Å². The molecule has 2 heterocycles. The summed E-state index contributed by atoms with van der Waals surface area (Å²) in [4.78, 5) is 27.7. The van der Waals surface area contributed by atoms with Crippen molar-refractivity contribution < 1.29 is 9.53 Å². The Morgan fingerprint density at radius 1 is 1.13 bits per heavy atom. The van der Waals surface area contributed by atoms with Gasteiger partial charge in [-0.05, 0) is 45.0 Å². The number of hydrogen-bond acceptors (Lipinski definition) is 5. The highest BCUT2D eigenvalue weighted by molar-refractivity contribution is 5.83. The second-order valence-electron chi connectivity index (χ2n) is 8.16. The molecule has 0 fully saturated rings. The zero-order valence-corrected chi connectivity index (χ0v) is 17.5.